The molecule has 0 N–H and O–H groups in total. The first kappa shape index (κ1) is 14.8. The Morgan fingerprint density at radius 2 is 1.94 bits per heavy atom. The molecule has 0 aliphatic carbocycles. The van der Waals surface area contributed by atoms with Crippen LogP contribution in [0.25, 0.3) is 0 Å². The summed E-state index contributed by atoms with van der Waals surface area (Å²) in [7, 11) is -4.00. The zero-order valence-corrected chi connectivity index (χ0v) is 11.7. The summed E-state index contributed by atoms with van der Waals surface area (Å²) in [5.74, 6) is -0.692. The van der Waals surface area contributed by atoms with Crippen molar-refractivity contribution in [1.29, 1.82) is 0 Å². The number of rotatable bonds is 4. The molecule has 0 aromatic rings. The largest absolute Gasteiger partial charge is 0.400 e. The minimum absolute atomic E-state index is 0.109. The highest BCUT2D eigenvalue weighted by Crippen LogP contribution is 2.23. The van der Waals surface area contributed by atoms with Crippen LogP contribution in [0.15, 0.2) is 0 Å². The lowest BCUT2D eigenvalue weighted by Crippen LogP contribution is -2.29. The van der Waals surface area contributed by atoms with Crippen molar-refractivity contribution >= 4 is 10.4 Å². The molecule has 102 valence electrons. The molecule has 0 amide bonds. The zero-order chi connectivity index (χ0) is 13.3. The van der Waals surface area contributed by atoms with Crippen LogP contribution in [-0.2, 0) is 28.2 Å². The van der Waals surface area contributed by atoms with Crippen LogP contribution in [0, 0.1) is 0 Å². The van der Waals surface area contributed by atoms with Crippen LogP contribution < -0.4 is 0 Å². The lowest BCUT2D eigenvalue weighted by atomic mass is 10.2. The van der Waals surface area contributed by atoms with Gasteiger partial charge in [0.2, 0.25) is 0 Å². The molecular weight excluding hydrogens is 248 g/mol. The van der Waals surface area contributed by atoms with Crippen LogP contribution in [0.1, 0.15) is 34.6 Å². The van der Waals surface area contributed by atoms with Crippen LogP contribution in [0.5, 0.6) is 0 Å². The summed E-state index contributed by atoms with van der Waals surface area (Å²) in [6.45, 7) is 8.60. The predicted octanol–water partition coefficient (Wildman–Crippen LogP) is 1.21. The number of hydrogen-bond donors (Lipinski definition) is 0. The molecule has 0 aromatic heterocycles. The predicted molar refractivity (Wildman–Crippen MR) is 60.6 cm³/mol. The van der Waals surface area contributed by atoms with Crippen LogP contribution in [0.3, 0.4) is 0 Å². The van der Waals surface area contributed by atoms with Crippen LogP contribution in [0.2, 0.25) is 0 Å². The summed E-state index contributed by atoms with van der Waals surface area (Å²) in [5, 5.41) is 0. The molecule has 0 spiro atoms. The molecule has 6 nitrogen and oxygen atoms in total. The Bertz CT molecular complexity index is 353. The fraction of sp³-hybridized carbons (Fsp3) is 1.00. The van der Waals surface area contributed by atoms with Gasteiger partial charge in [-0.2, -0.15) is 8.42 Å². The highest BCUT2D eigenvalue weighted by atomic mass is 32.3. The average Bonchev–Trinajstić information content (AvgIpc) is 2.38. The summed E-state index contributed by atoms with van der Waals surface area (Å²) in [5.41, 5.74) is -0.814. The maximum absolute atomic E-state index is 11.4. The van der Waals surface area contributed by atoms with Crippen molar-refractivity contribution in [2.75, 3.05) is 13.2 Å². The Hall–Kier alpha value is -0.210. The molecule has 7 heteroatoms. The maximum Gasteiger partial charge on any atom is 0.400 e. The Balaban J connectivity index is 2.41. The molecule has 17 heavy (non-hydrogen) atoms. The first-order valence-electron chi connectivity index (χ1n) is 5.41. The van der Waals surface area contributed by atoms with E-state index in [0.717, 1.165) is 0 Å². The van der Waals surface area contributed by atoms with E-state index in [1.807, 2.05) is 0 Å². The van der Waals surface area contributed by atoms with E-state index in [0.29, 0.717) is 6.61 Å². The number of hydrogen-bond acceptors (Lipinski definition) is 6. The summed E-state index contributed by atoms with van der Waals surface area (Å²) in [4.78, 5) is 0. The van der Waals surface area contributed by atoms with E-state index in [2.05, 4.69) is 0 Å². The van der Waals surface area contributed by atoms with E-state index in [9.17, 15) is 8.42 Å². The van der Waals surface area contributed by atoms with Gasteiger partial charge in [-0.25, -0.2) is 8.37 Å². The highest BCUT2D eigenvalue weighted by molar-refractivity contribution is 7.81. The van der Waals surface area contributed by atoms with Crippen LogP contribution in [-0.4, -0.2) is 39.1 Å². The van der Waals surface area contributed by atoms with Crippen LogP contribution in [0.4, 0.5) is 0 Å². The number of ether oxygens (including phenoxy) is 2. The van der Waals surface area contributed by atoms with Gasteiger partial charge >= 0.3 is 10.4 Å². The molecular formula is C10H20O6S. The van der Waals surface area contributed by atoms with Crippen molar-refractivity contribution in [2.24, 2.45) is 0 Å². The molecule has 1 fully saturated rings. The minimum Gasteiger partial charge on any atom is -0.348 e. The summed E-state index contributed by atoms with van der Waals surface area (Å²) < 4.78 is 43.1. The molecule has 0 bridgehead atoms. The molecule has 0 aromatic carbocycles. The molecule has 1 rings (SSSR count). The molecule has 1 aliphatic rings. The molecule has 1 atom stereocenters. The van der Waals surface area contributed by atoms with Crippen molar-refractivity contribution in [1.82, 2.24) is 0 Å². The third kappa shape index (κ3) is 5.78. The van der Waals surface area contributed by atoms with Gasteiger partial charge in [0, 0.05) is 0 Å². The average molecular weight is 268 g/mol. The first-order valence-corrected chi connectivity index (χ1v) is 6.74. The van der Waals surface area contributed by atoms with Crippen molar-refractivity contribution in [3.8, 4) is 0 Å². The monoisotopic (exact) mass is 268 g/mol. The Labute approximate surface area is 103 Å². The normalized spacial score (nSPS) is 25.1. The van der Waals surface area contributed by atoms with Crippen molar-refractivity contribution in [3.63, 3.8) is 0 Å². The summed E-state index contributed by atoms with van der Waals surface area (Å²) >= 11 is 0. The van der Waals surface area contributed by atoms with Crippen molar-refractivity contribution in [3.05, 3.63) is 0 Å². The van der Waals surface area contributed by atoms with E-state index in [4.69, 9.17) is 17.8 Å². The molecule has 1 heterocycles. The lowest BCUT2D eigenvalue weighted by Gasteiger charge is -2.19. The van der Waals surface area contributed by atoms with Gasteiger partial charge in [0.15, 0.2) is 5.79 Å². The second-order valence-electron chi connectivity index (χ2n) is 5.34. The fourth-order valence-corrected chi connectivity index (χ4v) is 2.31. The van der Waals surface area contributed by atoms with Crippen molar-refractivity contribution < 1.29 is 26.3 Å². The Kier molecular flexibility index (Phi) is 4.20. The first-order chi connectivity index (χ1) is 7.49. The van der Waals surface area contributed by atoms with Gasteiger partial charge in [-0.3, -0.25) is 0 Å². The second kappa shape index (κ2) is 4.81. The topological polar surface area (TPSA) is 71.1 Å². The van der Waals surface area contributed by atoms with E-state index in [-0.39, 0.29) is 6.61 Å². The molecule has 1 saturated heterocycles. The van der Waals surface area contributed by atoms with Gasteiger partial charge < -0.3 is 9.47 Å². The minimum atomic E-state index is -4.00. The van der Waals surface area contributed by atoms with Gasteiger partial charge in [0.05, 0.1) is 18.8 Å². The van der Waals surface area contributed by atoms with Gasteiger partial charge in [-0.05, 0) is 34.6 Å². The fourth-order valence-electron chi connectivity index (χ4n) is 1.33. The standard InChI is InChI=1S/C10H20O6S/c1-9(2,3)16-17(11,12)14-7-8-6-13-10(4,5)15-8/h8H,6-7H2,1-5H3. The Morgan fingerprint density at radius 1 is 1.35 bits per heavy atom. The van der Waals surface area contributed by atoms with Gasteiger partial charge in [-0.1, -0.05) is 0 Å². The SMILES string of the molecule is CC(C)(C)OS(=O)(=O)OCC1COC(C)(C)O1. The summed E-state index contributed by atoms with van der Waals surface area (Å²) in [6, 6.07) is 0. The molecule has 0 radical (unpaired) electrons. The molecule has 1 aliphatic heterocycles. The molecule has 0 saturated carbocycles. The van der Waals surface area contributed by atoms with Gasteiger partial charge in [0.25, 0.3) is 0 Å². The van der Waals surface area contributed by atoms with Crippen LogP contribution >= 0.6 is 0 Å². The zero-order valence-electron chi connectivity index (χ0n) is 10.8. The van der Waals surface area contributed by atoms with E-state index >= 15 is 0 Å². The summed E-state index contributed by atoms with van der Waals surface area (Å²) in [6.07, 6.45) is -0.400. The quantitative estimate of drug-likeness (QED) is 0.763. The maximum atomic E-state index is 11.4. The van der Waals surface area contributed by atoms with Crippen molar-refractivity contribution in [2.45, 2.75) is 52.1 Å². The smallest absolute Gasteiger partial charge is 0.348 e. The van der Waals surface area contributed by atoms with Gasteiger partial charge in [0.1, 0.15) is 6.10 Å². The third-order valence-electron chi connectivity index (χ3n) is 1.82. The van der Waals surface area contributed by atoms with E-state index < -0.39 is 27.9 Å². The molecule has 1 unspecified atom stereocenters. The third-order valence-corrected chi connectivity index (χ3v) is 2.95. The second-order valence-corrected chi connectivity index (χ2v) is 6.56. The highest BCUT2D eigenvalue weighted by Gasteiger charge is 2.34. The van der Waals surface area contributed by atoms with Gasteiger partial charge in [-0.15, -0.1) is 0 Å². The lowest BCUT2D eigenvalue weighted by molar-refractivity contribution is -0.141. The van der Waals surface area contributed by atoms with E-state index in [1.54, 1.807) is 34.6 Å². The Morgan fingerprint density at radius 3 is 2.35 bits per heavy atom. The van der Waals surface area contributed by atoms with E-state index in [1.165, 1.54) is 0 Å².